The molecule has 6 heteroatoms. The molecule has 31 heavy (non-hydrogen) atoms. The molecule has 3 rings (SSSR count). The van der Waals surface area contributed by atoms with E-state index in [9.17, 15) is 4.79 Å². The number of amides is 1. The van der Waals surface area contributed by atoms with Crippen LogP contribution in [0.2, 0.25) is 0 Å². The Morgan fingerprint density at radius 1 is 1.00 bits per heavy atom. The Morgan fingerprint density at radius 3 is 2.32 bits per heavy atom. The summed E-state index contributed by atoms with van der Waals surface area (Å²) in [7, 11) is 1.60. The average Bonchev–Trinajstić information content (AvgIpc) is 2.80. The number of aryl methyl sites for hydroxylation is 1. The molecule has 0 bridgehead atoms. The standard InChI is InChI=1S/C25H27N3O2S/c1-5-19(3)28(23-9-7-6-8-10-23)24-17-20(12-11-18(24)2)25(29)26-21-13-15-22(16-14-21)27-31-30-4/h5-17,27H,1-4H3,(H,26,29)/b19-5-. The maximum atomic E-state index is 12.9. The van der Waals surface area contributed by atoms with E-state index in [1.807, 2.05) is 67.6 Å². The third-order valence-electron chi connectivity index (χ3n) is 4.88. The third-order valence-corrected chi connectivity index (χ3v) is 5.37. The zero-order valence-electron chi connectivity index (χ0n) is 18.2. The van der Waals surface area contributed by atoms with Crippen LogP contribution in [-0.2, 0) is 4.18 Å². The topological polar surface area (TPSA) is 53.6 Å². The van der Waals surface area contributed by atoms with E-state index in [4.69, 9.17) is 4.18 Å². The van der Waals surface area contributed by atoms with Crippen molar-refractivity contribution in [1.29, 1.82) is 0 Å². The van der Waals surface area contributed by atoms with Gasteiger partial charge in [0.15, 0.2) is 0 Å². The van der Waals surface area contributed by atoms with Crippen molar-refractivity contribution in [2.24, 2.45) is 0 Å². The molecule has 2 N–H and O–H groups in total. The highest BCUT2D eigenvalue weighted by Crippen LogP contribution is 2.33. The van der Waals surface area contributed by atoms with Gasteiger partial charge in [0, 0.05) is 34.0 Å². The monoisotopic (exact) mass is 433 g/mol. The first-order valence-electron chi connectivity index (χ1n) is 9.99. The number of allylic oxidation sites excluding steroid dienone is 2. The maximum Gasteiger partial charge on any atom is 0.255 e. The summed E-state index contributed by atoms with van der Waals surface area (Å²) < 4.78 is 7.96. The van der Waals surface area contributed by atoms with Gasteiger partial charge in [-0.05, 0) is 74.9 Å². The van der Waals surface area contributed by atoms with Crippen molar-refractivity contribution in [2.45, 2.75) is 20.8 Å². The molecule has 0 aliphatic carbocycles. The van der Waals surface area contributed by atoms with E-state index in [2.05, 4.69) is 47.0 Å². The first kappa shape index (κ1) is 22.5. The summed E-state index contributed by atoms with van der Waals surface area (Å²) in [6, 6.07) is 23.4. The number of benzene rings is 3. The van der Waals surface area contributed by atoms with Crippen molar-refractivity contribution in [3.63, 3.8) is 0 Å². The number of nitrogens with one attached hydrogen (secondary N) is 2. The molecule has 0 atom stereocenters. The number of hydrogen-bond donors (Lipinski definition) is 2. The molecule has 0 aromatic heterocycles. The molecule has 5 nitrogen and oxygen atoms in total. The SMILES string of the molecule is C/C=C(/C)N(c1ccccc1)c1cc(C(=O)Nc2ccc(NSOC)cc2)ccc1C. The van der Waals surface area contributed by atoms with Gasteiger partial charge in [0.1, 0.15) is 12.2 Å². The number of rotatable bonds is 8. The van der Waals surface area contributed by atoms with Gasteiger partial charge in [-0.3, -0.25) is 4.79 Å². The second-order valence-corrected chi connectivity index (χ2v) is 7.69. The zero-order chi connectivity index (χ0) is 22.2. The molecule has 0 aliphatic heterocycles. The summed E-state index contributed by atoms with van der Waals surface area (Å²) in [6.07, 6.45) is 2.07. The van der Waals surface area contributed by atoms with Crippen LogP contribution in [0.4, 0.5) is 22.7 Å². The molecule has 1 amide bonds. The fraction of sp³-hybridized carbons (Fsp3) is 0.160. The molecule has 0 radical (unpaired) electrons. The number of para-hydroxylation sites is 1. The van der Waals surface area contributed by atoms with Gasteiger partial charge in [-0.15, -0.1) is 0 Å². The smallest absolute Gasteiger partial charge is 0.255 e. The van der Waals surface area contributed by atoms with Crippen LogP contribution < -0.4 is 14.9 Å². The zero-order valence-corrected chi connectivity index (χ0v) is 19.0. The van der Waals surface area contributed by atoms with Crippen LogP contribution in [0.25, 0.3) is 0 Å². The van der Waals surface area contributed by atoms with Gasteiger partial charge in [-0.2, -0.15) is 0 Å². The maximum absolute atomic E-state index is 12.9. The fourth-order valence-electron chi connectivity index (χ4n) is 3.15. The number of nitrogens with zero attached hydrogens (tertiary/aromatic N) is 1. The Bertz CT molecular complexity index is 1050. The summed E-state index contributed by atoms with van der Waals surface area (Å²) in [5.41, 5.74) is 6.42. The minimum absolute atomic E-state index is 0.153. The van der Waals surface area contributed by atoms with Crippen LogP contribution >= 0.6 is 12.2 Å². The third kappa shape index (κ3) is 5.69. The molecule has 0 saturated heterocycles. The van der Waals surface area contributed by atoms with E-state index in [1.54, 1.807) is 7.11 Å². The molecule has 0 spiro atoms. The summed E-state index contributed by atoms with van der Waals surface area (Å²) in [4.78, 5) is 15.1. The van der Waals surface area contributed by atoms with Crippen molar-refractivity contribution < 1.29 is 8.98 Å². The first-order valence-corrected chi connectivity index (χ1v) is 10.7. The summed E-state index contributed by atoms with van der Waals surface area (Å²) in [6.45, 7) is 6.14. The minimum atomic E-state index is -0.153. The number of hydrogen-bond acceptors (Lipinski definition) is 5. The van der Waals surface area contributed by atoms with Crippen molar-refractivity contribution in [3.05, 3.63) is 95.7 Å². The van der Waals surface area contributed by atoms with Crippen LogP contribution in [0, 0.1) is 6.92 Å². The lowest BCUT2D eigenvalue weighted by Gasteiger charge is -2.28. The molecule has 0 fully saturated rings. The molecule has 3 aromatic rings. The quantitative estimate of drug-likeness (QED) is 0.298. The van der Waals surface area contributed by atoms with Gasteiger partial charge < -0.3 is 19.1 Å². The predicted octanol–water partition coefficient (Wildman–Crippen LogP) is 6.93. The van der Waals surface area contributed by atoms with Gasteiger partial charge in [-0.25, -0.2) is 0 Å². The van der Waals surface area contributed by atoms with Crippen LogP contribution in [0.15, 0.2) is 84.6 Å². The van der Waals surface area contributed by atoms with Crippen molar-refractivity contribution >= 4 is 40.9 Å². The Balaban J connectivity index is 1.86. The number of anilines is 4. The summed E-state index contributed by atoms with van der Waals surface area (Å²) >= 11 is 1.14. The molecule has 0 unspecified atom stereocenters. The Kier molecular flexibility index (Phi) is 7.76. The molecule has 160 valence electrons. The first-order chi connectivity index (χ1) is 15.0. The lowest BCUT2D eigenvalue weighted by Crippen LogP contribution is -2.17. The van der Waals surface area contributed by atoms with Gasteiger partial charge in [0.2, 0.25) is 0 Å². The highest BCUT2D eigenvalue weighted by atomic mass is 32.2. The number of carbonyl (C=O) groups excluding carboxylic acids is 1. The van der Waals surface area contributed by atoms with Gasteiger partial charge in [0.05, 0.1) is 7.11 Å². The second kappa shape index (κ2) is 10.7. The normalized spacial score (nSPS) is 11.2. The van der Waals surface area contributed by atoms with Gasteiger partial charge >= 0.3 is 0 Å². The van der Waals surface area contributed by atoms with E-state index >= 15 is 0 Å². The molecular weight excluding hydrogens is 406 g/mol. The highest BCUT2D eigenvalue weighted by molar-refractivity contribution is 7.95. The van der Waals surface area contributed by atoms with E-state index in [0.717, 1.165) is 46.2 Å². The Labute approximate surface area is 188 Å². The molecule has 0 heterocycles. The van der Waals surface area contributed by atoms with Crippen LogP contribution in [0.1, 0.15) is 29.8 Å². The molecule has 3 aromatic carbocycles. The highest BCUT2D eigenvalue weighted by Gasteiger charge is 2.16. The Morgan fingerprint density at radius 2 is 1.68 bits per heavy atom. The van der Waals surface area contributed by atoms with E-state index in [1.165, 1.54) is 0 Å². The second-order valence-electron chi connectivity index (χ2n) is 6.99. The molecule has 0 aliphatic rings. The van der Waals surface area contributed by atoms with Crippen LogP contribution in [0.3, 0.4) is 0 Å². The van der Waals surface area contributed by atoms with Crippen LogP contribution in [0.5, 0.6) is 0 Å². The van der Waals surface area contributed by atoms with Crippen molar-refractivity contribution in [1.82, 2.24) is 0 Å². The largest absolute Gasteiger partial charge is 0.322 e. The summed E-state index contributed by atoms with van der Waals surface area (Å²) in [5.74, 6) is -0.153. The molecular formula is C25H27N3O2S. The fourth-order valence-corrected chi connectivity index (χ4v) is 3.46. The molecule has 0 saturated carbocycles. The van der Waals surface area contributed by atoms with E-state index in [-0.39, 0.29) is 5.91 Å². The van der Waals surface area contributed by atoms with Crippen molar-refractivity contribution in [2.75, 3.05) is 22.0 Å². The van der Waals surface area contributed by atoms with Gasteiger partial charge in [0.25, 0.3) is 5.91 Å². The Hall–Kier alpha value is -3.22. The summed E-state index contributed by atoms with van der Waals surface area (Å²) in [5, 5.41) is 2.97. The van der Waals surface area contributed by atoms with E-state index in [0.29, 0.717) is 5.56 Å². The number of carbonyl (C=O) groups is 1. The average molecular weight is 434 g/mol. The van der Waals surface area contributed by atoms with E-state index < -0.39 is 0 Å². The van der Waals surface area contributed by atoms with Crippen LogP contribution in [-0.4, -0.2) is 13.0 Å². The lowest BCUT2D eigenvalue weighted by atomic mass is 10.1. The lowest BCUT2D eigenvalue weighted by molar-refractivity contribution is 0.102. The van der Waals surface area contributed by atoms with Crippen molar-refractivity contribution in [3.8, 4) is 0 Å². The predicted molar refractivity (Wildman–Crippen MR) is 132 cm³/mol. The van der Waals surface area contributed by atoms with Gasteiger partial charge in [-0.1, -0.05) is 30.3 Å². The minimum Gasteiger partial charge on any atom is -0.322 e.